The second-order valence-corrected chi connectivity index (χ2v) is 9.78. The number of nitrogens with one attached hydrogen (secondary N) is 1. The first-order chi connectivity index (χ1) is 17.1. The van der Waals surface area contributed by atoms with Crippen molar-refractivity contribution in [3.8, 4) is 28.3 Å². The molecule has 0 unspecified atom stereocenters. The van der Waals surface area contributed by atoms with Gasteiger partial charge in [0.2, 0.25) is 0 Å². The maximum Gasteiger partial charge on any atom is 0.146 e. The summed E-state index contributed by atoms with van der Waals surface area (Å²) in [5.74, 6) is 1.90. The van der Waals surface area contributed by atoms with E-state index in [-0.39, 0.29) is 11.7 Å². The molecule has 0 radical (unpaired) electrons. The summed E-state index contributed by atoms with van der Waals surface area (Å²) in [5, 5.41) is 3.44. The smallest absolute Gasteiger partial charge is 0.146 e. The molecule has 2 aliphatic rings. The highest BCUT2D eigenvalue weighted by Gasteiger charge is 2.48. The highest BCUT2D eigenvalue weighted by molar-refractivity contribution is 5.90. The highest BCUT2D eigenvalue weighted by Crippen LogP contribution is 2.43. The zero-order valence-corrected chi connectivity index (χ0v) is 19.8. The molecule has 178 valence electrons. The van der Waals surface area contributed by atoms with Gasteiger partial charge in [-0.15, -0.1) is 0 Å². The summed E-state index contributed by atoms with van der Waals surface area (Å²) >= 11 is 0. The minimum Gasteiger partial charge on any atom is -0.494 e. The summed E-state index contributed by atoms with van der Waals surface area (Å²) in [6.07, 6.45) is 2.86. The molecule has 0 bridgehead atoms. The minimum atomic E-state index is -0.416. The van der Waals surface area contributed by atoms with E-state index in [9.17, 15) is 9.18 Å². The molecular formula is C29H28FN3O2. The number of para-hydroxylation sites is 1. The summed E-state index contributed by atoms with van der Waals surface area (Å²) < 4.78 is 21.2. The quantitative estimate of drug-likeness (QED) is 0.390. The SMILES string of the molecule is COc1cccc2c1nc(-c1ccc(-c3ccc(F)cc3)cc1)n2C[C@]1(C(=O)C2CC2)CCNC1. The summed E-state index contributed by atoms with van der Waals surface area (Å²) in [7, 11) is 1.66. The van der Waals surface area contributed by atoms with E-state index in [1.165, 1.54) is 12.1 Å². The number of ketones is 1. The number of rotatable bonds is 7. The van der Waals surface area contributed by atoms with E-state index in [0.29, 0.717) is 18.9 Å². The number of hydrogen-bond acceptors (Lipinski definition) is 4. The Bertz CT molecular complexity index is 1380. The number of hydrogen-bond donors (Lipinski definition) is 1. The third kappa shape index (κ3) is 3.92. The third-order valence-corrected chi connectivity index (χ3v) is 7.46. The fourth-order valence-corrected chi connectivity index (χ4v) is 5.37. The first kappa shape index (κ1) is 22.0. The largest absolute Gasteiger partial charge is 0.494 e. The zero-order valence-electron chi connectivity index (χ0n) is 19.8. The fraction of sp³-hybridized carbons (Fsp3) is 0.310. The first-order valence-corrected chi connectivity index (χ1v) is 12.2. The van der Waals surface area contributed by atoms with E-state index in [4.69, 9.17) is 9.72 Å². The number of methoxy groups -OCH3 is 1. The normalized spacial score (nSPS) is 19.8. The number of nitrogens with zero attached hydrogens (tertiary/aromatic N) is 2. The van der Waals surface area contributed by atoms with Gasteiger partial charge in [0.25, 0.3) is 0 Å². The van der Waals surface area contributed by atoms with Gasteiger partial charge in [-0.1, -0.05) is 42.5 Å². The predicted molar refractivity (Wildman–Crippen MR) is 135 cm³/mol. The highest BCUT2D eigenvalue weighted by atomic mass is 19.1. The summed E-state index contributed by atoms with van der Waals surface area (Å²) in [6, 6.07) is 20.6. The molecule has 1 aliphatic carbocycles. The van der Waals surface area contributed by atoms with Crippen molar-refractivity contribution < 1.29 is 13.9 Å². The van der Waals surface area contributed by atoms with E-state index < -0.39 is 5.41 Å². The summed E-state index contributed by atoms with van der Waals surface area (Å²) in [6.45, 7) is 2.15. The van der Waals surface area contributed by atoms with Crippen molar-refractivity contribution >= 4 is 16.8 Å². The number of ether oxygens (including phenoxy) is 1. The van der Waals surface area contributed by atoms with Crippen molar-refractivity contribution in [1.29, 1.82) is 0 Å². The molecule has 2 heterocycles. The monoisotopic (exact) mass is 469 g/mol. The second-order valence-electron chi connectivity index (χ2n) is 9.78. The van der Waals surface area contributed by atoms with Crippen LogP contribution in [0.15, 0.2) is 66.7 Å². The molecule has 1 saturated heterocycles. The van der Waals surface area contributed by atoms with Crippen LogP contribution in [0.3, 0.4) is 0 Å². The van der Waals surface area contributed by atoms with Gasteiger partial charge in [0, 0.05) is 24.6 Å². The number of Topliss-reactive ketones (excluding diaryl/α,β-unsaturated/α-hetero) is 1. The molecule has 35 heavy (non-hydrogen) atoms. The lowest BCUT2D eigenvalue weighted by atomic mass is 9.80. The minimum absolute atomic E-state index is 0.206. The average molecular weight is 470 g/mol. The molecule has 4 aromatic rings. The Hall–Kier alpha value is -3.51. The van der Waals surface area contributed by atoms with Crippen molar-refractivity contribution in [3.63, 3.8) is 0 Å². The van der Waals surface area contributed by atoms with Crippen LogP contribution in [0.25, 0.3) is 33.5 Å². The lowest BCUT2D eigenvalue weighted by Gasteiger charge is -2.28. The van der Waals surface area contributed by atoms with Crippen LogP contribution in [0.1, 0.15) is 19.3 Å². The lowest BCUT2D eigenvalue weighted by molar-refractivity contribution is -0.129. The fourth-order valence-electron chi connectivity index (χ4n) is 5.37. The van der Waals surface area contributed by atoms with Gasteiger partial charge in [0.1, 0.15) is 28.7 Å². The Morgan fingerprint density at radius 1 is 1.06 bits per heavy atom. The topological polar surface area (TPSA) is 56.2 Å². The molecule has 5 nitrogen and oxygen atoms in total. The maximum absolute atomic E-state index is 13.5. The first-order valence-electron chi connectivity index (χ1n) is 12.2. The van der Waals surface area contributed by atoms with Crippen molar-refractivity contribution in [1.82, 2.24) is 14.9 Å². The van der Waals surface area contributed by atoms with Gasteiger partial charge in [0.15, 0.2) is 0 Å². The Morgan fingerprint density at radius 2 is 1.74 bits per heavy atom. The number of fused-ring (bicyclic) bond motifs is 1. The summed E-state index contributed by atoms with van der Waals surface area (Å²) in [5.41, 5.74) is 4.28. The van der Waals surface area contributed by atoms with E-state index >= 15 is 0 Å². The Labute approximate surface area is 203 Å². The molecule has 1 N–H and O–H groups in total. The van der Waals surface area contributed by atoms with Gasteiger partial charge in [-0.05, 0) is 61.2 Å². The molecule has 3 aromatic carbocycles. The molecule has 2 fully saturated rings. The van der Waals surface area contributed by atoms with Gasteiger partial charge >= 0.3 is 0 Å². The van der Waals surface area contributed by atoms with Gasteiger partial charge in [0.05, 0.1) is 18.0 Å². The van der Waals surface area contributed by atoms with Crippen LogP contribution in [0.4, 0.5) is 4.39 Å². The second kappa shape index (κ2) is 8.61. The lowest BCUT2D eigenvalue weighted by Crippen LogP contribution is -2.39. The van der Waals surface area contributed by atoms with Crippen LogP contribution in [0.2, 0.25) is 0 Å². The molecule has 0 spiro atoms. The standard InChI is InChI=1S/C29H28FN3O2/c1-35-25-4-2-3-24-26(25)32-28(22-9-5-19(6-10-22)20-11-13-23(30)14-12-20)33(24)18-29(15-16-31-17-29)27(34)21-7-8-21/h2-6,9-14,21,31H,7-8,15-18H2,1H3/t29-/m0/s1. The van der Waals surface area contributed by atoms with Gasteiger partial charge in [-0.2, -0.15) is 0 Å². The van der Waals surface area contributed by atoms with Crippen molar-refractivity contribution in [2.45, 2.75) is 25.8 Å². The van der Waals surface area contributed by atoms with Crippen LogP contribution >= 0.6 is 0 Å². The third-order valence-electron chi connectivity index (χ3n) is 7.46. The molecular weight excluding hydrogens is 441 g/mol. The Kier molecular flexibility index (Phi) is 5.41. The van der Waals surface area contributed by atoms with Crippen molar-refractivity contribution in [2.75, 3.05) is 20.2 Å². The molecule has 6 heteroatoms. The van der Waals surface area contributed by atoms with Gasteiger partial charge in [-0.3, -0.25) is 4.79 Å². The van der Waals surface area contributed by atoms with Crippen LogP contribution in [-0.2, 0) is 11.3 Å². The van der Waals surface area contributed by atoms with Crippen LogP contribution in [0, 0.1) is 17.2 Å². The van der Waals surface area contributed by atoms with Crippen LogP contribution < -0.4 is 10.1 Å². The Morgan fingerprint density at radius 3 is 2.37 bits per heavy atom. The molecule has 1 atom stereocenters. The molecule has 1 aliphatic heterocycles. The van der Waals surface area contributed by atoms with Gasteiger partial charge in [-0.25, -0.2) is 9.37 Å². The summed E-state index contributed by atoms with van der Waals surface area (Å²) in [4.78, 5) is 18.5. The van der Waals surface area contributed by atoms with Crippen molar-refractivity contribution in [3.05, 3.63) is 72.5 Å². The van der Waals surface area contributed by atoms with E-state index in [1.807, 2.05) is 36.4 Å². The van der Waals surface area contributed by atoms with E-state index in [1.54, 1.807) is 19.2 Å². The van der Waals surface area contributed by atoms with Gasteiger partial charge < -0.3 is 14.6 Å². The molecule has 0 amide bonds. The molecule has 6 rings (SSSR count). The van der Waals surface area contributed by atoms with E-state index in [2.05, 4.69) is 16.0 Å². The predicted octanol–water partition coefficient (Wildman–Crippen LogP) is 5.48. The number of carbonyl (C=O) groups excluding carboxylic acids is 1. The Balaban J connectivity index is 1.45. The maximum atomic E-state index is 13.5. The number of carbonyl (C=O) groups is 1. The molecule has 1 aromatic heterocycles. The number of aromatic nitrogens is 2. The van der Waals surface area contributed by atoms with E-state index in [0.717, 1.165) is 65.1 Å². The van der Waals surface area contributed by atoms with Crippen molar-refractivity contribution in [2.24, 2.45) is 11.3 Å². The number of halogens is 1. The number of benzene rings is 3. The van der Waals surface area contributed by atoms with Crippen LogP contribution in [-0.4, -0.2) is 35.5 Å². The average Bonchev–Trinajstić information content (AvgIpc) is 3.53. The number of imidazole rings is 1. The zero-order chi connectivity index (χ0) is 24.0. The van der Waals surface area contributed by atoms with Crippen LogP contribution in [0.5, 0.6) is 5.75 Å². The molecule has 1 saturated carbocycles.